The summed E-state index contributed by atoms with van der Waals surface area (Å²) in [5.41, 5.74) is 0.299. The fourth-order valence-electron chi connectivity index (χ4n) is 3.36. The van der Waals surface area contributed by atoms with Gasteiger partial charge in [-0.1, -0.05) is 0 Å². The Kier molecular flexibility index (Phi) is 7.17. The van der Waals surface area contributed by atoms with E-state index in [1.165, 1.54) is 6.20 Å². The Bertz CT molecular complexity index is 606. The largest absolute Gasteiger partial charge is 0.470 e. The van der Waals surface area contributed by atoms with E-state index in [4.69, 9.17) is 9.47 Å². The van der Waals surface area contributed by atoms with E-state index < -0.39 is 13.0 Å². The standard InChI is InChI=1S/C18H26F2N4O3/c19-16(20)13-27-17-15(2-1-5-21-17)22-18(25)24-8-6-23(7-9-24)12-14-3-10-26-11-4-14/h1-2,5,14,16H,3-4,6-13H2,(H,22,25). The van der Waals surface area contributed by atoms with Crippen LogP contribution in [-0.4, -0.2) is 79.8 Å². The average molecular weight is 384 g/mol. The summed E-state index contributed by atoms with van der Waals surface area (Å²) in [6.07, 6.45) is 1.04. The van der Waals surface area contributed by atoms with Crippen LogP contribution in [0.15, 0.2) is 18.3 Å². The normalized spacial score (nSPS) is 19.3. The number of pyridine rings is 1. The molecule has 0 unspecified atom stereocenters. The predicted octanol–water partition coefficient (Wildman–Crippen LogP) is 2.30. The summed E-state index contributed by atoms with van der Waals surface area (Å²) in [5.74, 6) is 0.674. The quantitative estimate of drug-likeness (QED) is 0.815. The van der Waals surface area contributed by atoms with Crippen molar-refractivity contribution in [3.63, 3.8) is 0 Å². The highest BCUT2D eigenvalue weighted by Crippen LogP contribution is 2.22. The Labute approximate surface area is 157 Å². The number of hydrogen-bond acceptors (Lipinski definition) is 5. The molecule has 9 heteroatoms. The van der Waals surface area contributed by atoms with Crippen LogP contribution in [0.3, 0.4) is 0 Å². The van der Waals surface area contributed by atoms with Gasteiger partial charge in [0, 0.05) is 52.1 Å². The molecule has 0 radical (unpaired) electrons. The molecule has 7 nitrogen and oxygen atoms in total. The van der Waals surface area contributed by atoms with E-state index >= 15 is 0 Å². The van der Waals surface area contributed by atoms with Crippen molar-refractivity contribution in [1.29, 1.82) is 0 Å². The van der Waals surface area contributed by atoms with Gasteiger partial charge < -0.3 is 19.7 Å². The monoisotopic (exact) mass is 384 g/mol. The number of aromatic nitrogens is 1. The average Bonchev–Trinajstić information content (AvgIpc) is 2.68. The number of carbonyl (C=O) groups is 1. The minimum atomic E-state index is -2.60. The van der Waals surface area contributed by atoms with Crippen LogP contribution in [0.1, 0.15) is 12.8 Å². The van der Waals surface area contributed by atoms with Crippen molar-refractivity contribution >= 4 is 11.7 Å². The first-order valence-electron chi connectivity index (χ1n) is 9.34. The van der Waals surface area contributed by atoms with Gasteiger partial charge in [-0.2, -0.15) is 0 Å². The Balaban J connectivity index is 1.47. The molecule has 1 N–H and O–H groups in total. The molecule has 2 aliphatic rings. The number of hydrogen-bond donors (Lipinski definition) is 1. The van der Waals surface area contributed by atoms with Gasteiger partial charge in [0.05, 0.1) is 0 Å². The second-order valence-corrected chi connectivity index (χ2v) is 6.83. The molecule has 2 amide bonds. The SMILES string of the molecule is O=C(Nc1cccnc1OCC(F)F)N1CCN(CC2CCOCC2)CC1. The van der Waals surface area contributed by atoms with Gasteiger partial charge in [0.25, 0.3) is 6.43 Å². The minimum Gasteiger partial charge on any atom is -0.470 e. The second-order valence-electron chi connectivity index (χ2n) is 6.83. The lowest BCUT2D eigenvalue weighted by Gasteiger charge is -2.37. The van der Waals surface area contributed by atoms with Gasteiger partial charge in [-0.05, 0) is 30.9 Å². The highest BCUT2D eigenvalue weighted by atomic mass is 19.3. The molecule has 1 aromatic heterocycles. The number of ether oxygens (including phenoxy) is 2. The van der Waals surface area contributed by atoms with Gasteiger partial charge in [0.2, 0.25) is 5.88 Å². The third kappa shape index (κ3) is 6.00. The van der Waals surface area contributed by atoms with Crippen LogP contribution in [0.2, 0.25) is 0 Å². The van der Waals surface area contributed by atoms with Crippen molar-refractivity contribution in [2.24, 2.45) is 5.92 Å². The zero-order valence-electron chi connectivity index (χ0n) is 15.3. The lowest BCUT2D eigenvalue weighted by atomic mass is 9.99. The summed E-state index contributed by atoms with van der Waals surface area (Å²) < 4.78 is 35.1. The smallest absolute Gasteiger partial charge is 0.322 e. The molecule has 2 fully saturated rings. The van der Waals surface area contributed by atoms with Gasteiger partial charge in [0.15, 0.2) is 6.61 Å². The number of amides is 2. The van der Waals surface area contributed by atoms with Gasteiger partial charge >= 0.3 is 6.03 Å². The Morgan fingerprint density at radius 3 is 2.74 bits per heavy atom. The van der Waals surface area contributed by atoms with E-state index in [0.29, 0.717) is 24.7 Å². The molecular formula is C18H26F2N4O3. The Hall–Kier alpha value is -2.00. The van der Waals surface area contributed by atoms with Gasteiger partial charge in [-0.3, -0.25) is 4.90 Å². The molecule has 27 heavy (non-hydrogen) atoms. The summed E-state index contributed by atoms with van der Waals surface area (Å²) in [7, 11) is 0. The minimum absolute atomic E-state index is 0.00398. The molecule has 3 rings (SSSR count). The number of alkyl halides is 2. The molecule has 0 bridgehead atoms. The van der Waals surface area contributed by atoms with Crippen LogP contribution in [0.4, 0.5) is 19.3 Å². The first-order chi connectivity index (χ1) is 13.1. The van der Waals surface area contributed by atoms with Crippen LogP contribution in [-0.2, 0) is 4.74 Å². The predicted molar refractivity (Wildman–Crippen MR) is 96.3 cm³/mol. The number of halogens is 2. The maximum Gasteiger partial charge on any atom is 0.322 e. The number of piperazine rings is 1. The number of anilines is 1. The second kappa shape index (κ2) is 9.80. The zero-order chi connectivity index (χ0) is 19.1. The maximum atomic E-state index is 12.5. The van der Waals surface area contributed by atoms with Crippen LogP contribution in [0, 0.1) is 5.92 Å². The van der Waals surface area contributed by atoms with E-state index in [2.05, 4.69) is 15.2 Å². The number of rotatable bonds is 6. The van der Waals surface area contributed by atoms with Crippen molar-refractivity contribution in [1.82, 2.24) is 14.8 Å². The fraction of sp³-hybridized carbons (Fsp3) is 0.667. The third-order valence-corrected chi connectivity index (χ3v) is 4.88. The molecule has 150 valence electrons. The summed E-state index contributed by atoms with van der Waals surface area (Å²) in [4.78, 5) is 20.5. The van der Waals surface area contributed by atoms with Crippen LogP contribution in [0.25, 0.3) is 0 Å². The summed E-state index contributed by atoms with van der Waals surface area (Å²) >= 11 is 0. The van der Waals surface area contributed by atoms with Crippen LogP contribution >= 0.6 is 0 Å². The summed E-state index contributed by atoms with van der Waals surface area (Å²) in [5, 5.41) is 2.72. The van der Waals surface area contributed by atoms with Crippen molar-refractivity contribution in [2.45, 2.75) is 19.3 Å². The van der Waals surface area contributed by atoms with Gasteiger partial charge in [-0.15, -0.1) is 0 Å². The van der Waals surface area contributed by atoms with Gasteiger partial charge in [-0.25, -0.2) is 18.6 Å². The molecule has 0 spiro atoms. The molecule has 0 aliphatic carbocycles. The number of urea groups is 1. The van der Waals surface area contributed by atoms with Gasteiger partial charge in [0.1, 0.15) is 5.69 Å². The van der Waals surface area contributed by atoms with E-state index in [1.807, 2.05) is 0 Å². The topological polar surface area (TPSA) is 66.9 Å². The molecule has 2 saturated heterocycles. The highest BCUT2D eigenvalue weighted by molar-refractivity contribution is 5.90. The molecule has 0 atom stereocenters. The van der Waals surface area contributed by atoms with Crippen molar-refractivity contribution in [2.75, 3.05) is 57.9 Å². The maximum absolute atomic E-state index is 12.5. The van der Waals surface area contributed by atoms with Crippen molar-refractivity contribution < 1.29 is 23.0 Å². The molecule has 2 aliphatic heterocycles. The third-order valence-electron chi connectivity index (χ3n) is 4.88. The van der Waals surface area contributed by atoms with E-state index in [-0.39, 0.29) is 11.9 Å². The number of nitrogens with zero attached hydrogens (tertiary/aromatic N) is 3. The molecule has 0 aromatic carbocycles. The molecular weight excluding hydrogens is 358 g/mol. The van der Waals surface area contributed by atoms with E-state index in [1.54, 1.807) is 17.0 Å². The zero-order valence-corrected chi connectivity index (χ0v) is 15.3. The van der Waals surface area contributed by atoms with Crippen molar-refractivity contribution in [3.05, 3.63) is 18.3 Å². The first-order valence-corrected chi connectivity index (χ1v) is 9.34. The fourth-order valence-corrected chi connectivity index (χ4v) is 3.36. The molecule has 0 saturated carbocycles. The Morgan fingerprint density at radius 2 is 2.04 bits per heavy atom. The highest BCUT2D eigenvalue weighted by Gasteiger charge is 2.24. The van der Waals surface area contributed by atoms with Crippen LogP contribution in [0.5, 0.6) is 5.88 Å². The lowest BCUT2D eigenvalue weighted by molar-refractivity contribution is 0.0457. The summed E-state index contributed by atoms with van der Waals surface area (Å²) in [6, 6.07) is 2.94. The molecule has 1 aromatic rings. The van der Waals surface area contributed by atoms with Crippen molar-refractivity contribution in [3.8, 4) is 5.88 Å². The summed E-state index contributed by atoms with van der Waals surface area (Å²) in [6.45, 7) is 4.88. The van der Waals surface area contributed by atoms with Crippen LogP contribution < -0.4 is 10.1 Å². The molecule has 3 heterocycles. The number of carbonyl (C=O) groups excluding carboxylic acids is 1. The van der Waals surface area contributed by atoms with E-state index in [0.717, 1.165) is 45.7 Å². The Morgan fingerprint density at radius 1 is 1.30 bits per heavy atom. The lowest BCUT2D eigenvalue weighted by Crippen LogP contribution is -2.51. The number of nitrogens with one attached hydrogen (secondary N) is 1. The van der Waals surface area contributed by atoms with E-state index in [9.17, 15) is 13.6 Å². The first kappa shape index (κ1) is 19.8.